The molecule has 0 saturated carbocycles. The number of hydrogen-bond acceptors (Lipinski definition) is 3. The van der Waals surface area contributed by atoms with Gasteiger partial charge in [0.15, 0.2) is 5.84 Å². The number of rotatable bonds is 4. The van der Waals surface area contributed by atoms with Crippen molar-refractivity contribution in [2.24, 2.45) is 16.3 Å². The summed E-state index contributed by atoms with van der Waals surface area (Å²) in [6.45, 7) is 5.41. The van der Waals surface area contributed by atoms with Gasteiger partial charge in [0, 0.05) is 4.47 Å². The Morgan fingerprint density at radius 2 is 2.21 bits per heavy atom. The summed E-state index contributed by atoms with van der Waals surface area (Å²) in [4.78, 5) is 12.3. The molecule has 0 spiro atoms. The van der Waals surface area contributed by atoms with Crippen molar-refractivity contribution in [2.75, 3.05) is 5.32 Å². The SMILES string of the molecule is CCC(C)(C(=O)Nc1ccc(C)cc1Br)/C(N)=N/O. The molecule has 1 atom stereocenters. The highest BCUT2D eigenvalue weighted by Crippen LogP contribution is 2.28. The van der Waals surface area contributed by atoms with Gasteiger partial charge in [0.05, 0.1) is 5.69 Å². The summed E-state index contributed by atoms with van der Waals surface area (Å²) in [6.07, 6.45) is 0.429. The summed E-state index contributed by atoms with van der Waals surface area (Å²) < 4.78 is 0.791. The van der Waals surface area contributed by atoms with E-state index in [1.165, 1.54) is 0 Å². The number of amidine groups is 1. The van der Waals surface area contributed by atoms with Gasteiger partial charge < -0.3 is 16.3 Å². The molecular weight excluding hydrogens is 310 g/mol. The van der Waals surface area contributed by atoms with Crippen LogP contribution in [0, 0.1) is 12.3 Å². The molecule has 5 nitrogen and oxygen atoms in total. The van der Waals surface area contributed by atoms with Crippen LogP contribution in [0.25, 0.3) is 0 Å². The molecule has 1 unspecified atom stereocenters. The number of nitrogens with one attached hydrogen (secondary N) is 1. The first-order valence-corrected chi connectivity index (χ1v) is 6.70. The zero-order valence-electron chi connectivity index (χ0n) is 11.2. The van der Waals surface area contributed by atoms with Gasteiger partial charge in [-0.1, -0.05) is 18.1 Å². The van der Waals surface area contributed by atoms with Crippen molar-refractivity contribution in [3.8, 4) is 0 Å². The predicted molar refractivity (Wildman–Crippen MR) is 79.3 cm³/mol. The van der Waals surface area contributed by atoms with Crippen molar-refractivity contribution >= 4 is 33.4 Å². The first kappa shape index (κ1) is 15.5. The number of benzene rings is 1. The van der Waals surface area contributed by atoms with Crippen molar-refractivity contribution in [3.05, 3.63) is 28.2 Å². The number of halogens is 1. The number of amides is 1. The van der Waals surface area contributed by atoms with Crippen molar-refractivity contribution < 1.29 is 10.0 Å². The Balaban J connectivity index is 3.01. The molecule has 1 aromatic carbocycles. The van der Waals surface area contributed by atoms with Crippen LogP contribution >= 0.6 is 15.9 Å². The fourth-order valence-electron chi connectivity index (χ4n) is 1.55. The third-order valence-corrected chi connectivity index (χ3v) is 3.91. The van der Waals surface area contributed by atoms with E-state index in [1.807, 2.05) is 26.0 Å². The molecular formula is C13H18BrN3O2. The average molecular weight is 328 g/mol. The molecule has 0 bridgehead atoms. The standard InChI is InChI=1S/C13H18BrN3O2/c1-4-13(3,11(15)17-19)12(18)16-10-6-5-8(2)7-9(10)14/h5-7,19H,4H2,1-3H3,(H2,15,17)(H,16,18). The van der Waals surface area contributed by atoms with E-state index in [2.05, 4.69) is 26.4 Å². The number of nitrogens with zero attached hydrogens (tertiary/aromatic N) is 1. The number of nitrogens with two attached hydrogens (primary N) is 1. The molecule has 0 saturated heterocycles. The van der Waals surface area contributed by atoms with Gasteiger partial charge in [-0.05, 0) is 53.9 Å². The molecule has 0 fully saturated rings. The number of oxime groups is 1. The molecule has 0 aliphatic heterocycles. The smallest absolute Gasteiger partial charge is 0.238 e. The lowest BCUT2D eigenvalue weighted by Gasteiger charge is -2.25. The zero-order chi connectivity index (χ0) is 14.6. The maximum Gasteiger partial charge on any atom is 0.238 e. The molecule has 0 aliphatic rings. The van der Waals surface area contributed by atoms with Crippen molar-refractivity contribution in [1.29, 1.82) is 0 Å². The summed E-state index contributed by atoms with van der Waals surface area (Å²) in [5.41, 5.74) is 6.30. The van der Waals surface area contributed by atoms with E-state index >= 15 is 0 Å². The van der Waals surface area contributed by atoms with Gasteiger partial charge in [0.25, 0.3) is 0 Å². The first-order valence-electron chi connectivity index (χ1n) is 5.90. The Hall–Kier alpha value is -1.56. The molecule has 104 valence electrons. The monoisotopic (exact) mass is 327 g/mol. The molecule has 0 aromatic heterocycles. The highest BCUT2D eigenvalue weighted by atomic mass is 79.9. The van der Waals surface area contributed by atoms with Gasteiger partial charge in [-0.3, -0.25) is 4.79 Å². The second kappa shape index (κ2) is 6.06. The average Bonchev–Trinajstić information content (AvgIpc) is 2.39. The topological polar surface area (TPSA) is 87.7 Å². The van der Waals surface area contributed by atoms with Crippen LogP contribution in [0.2, 0.25) is 0 Å². The van der Waals surface area contributed by atoms with Crippen LogP contribution in [0.5, 0.6) is 0 Å². The van der Waals surface area contributed by atoms with Crippen LogP contribution in [-0.4, -0.2) is 17.0 Å². The highest BCUT2D eigenvalue weighted by Gasteiger charge is 2.36. The van der Waals surface area contributed by atoms with Crippen molar-refractivity contribution in [3.63, 3.8) is 0 Å². The first-order chi connectivity index (χ1) is 8.85. The summed E-state index contributed by atoms with van der Waals surface area (Å²) in [5.74, 6) is -0.411. The third kappa shape index (κ3) is 3.26. The molecule has 4 N–H and O–H groups in total. The minimum Gasteiger partial charge on any atom is -0.409 e. The normalized spacial score (nSPS) is 14.8. The minimum atomic E-state index is -1.04. The fraction of sp³-hybridized carbons (Fsp3) is 0.385. The third-order valence-electron chi connectivity index (χ3n) is 3.25. The Kier molecular flexibility index (Phi) is 4.94. The summed E-state index contributed by atoms with van der Waals surface area (Å²) >= 11 is 3.39. The number of carbonyl (C=O) groups excluding carboxylic acids is 1. The Bertz CT molecular complexity index is 517. The minimum absolute atomic E-state index is 0.101. The maximum atomic E-state index is 12.3. The molecule has 1 aromatic rings. The second-order valence-corrected chi connectivity index (χ2v) is 5.46. The van der Waals surface area contributed by atoms with E-state index in [4.69, 9.17) is 10.9 Å². The fourth-order valence-corrected chi connectivity index (χ4v) is 2.14. The van der Waals surface area contributed by atoms with Crippen molar-refractivity contribution in [1.82, 2.24) is 0 Å². The second-order valence-electron chi connectivity index (χ2n) is 4.61. The van der Waals surface area contributed by atoms with Gasteiger partial charge in [-0.15, -0.1) is 0 Å². The quantitative estimate of drug-likeness (QED) is 0.344. The van der Waals surface area contributed by atoms with Gasteiger partial charge in [-0.2, -0.15) is 0 Å². The van der Waals surface area contributed by atoms with Crippen LogP contribution in [0.4, 0.5) is 5.69 Å². The van der Waals surface area contributed by atoms with Gasteiger partial charge in [0.2, 0.25) is 5.91 Å². The van der Waals surface area contributed by atoms with Crippen LogP contribution < -0.4 is 11.1 Å². The van der Waals surface area contributed by atoms with E-state index in [0.717, 1.165) is 10.0 Å². The Labute approximate surface area is 121 Å². The molecule has 0 heterocycles. The highest BCUT2D eigenvalue weighted by molar-refractivity contribution is 9.10. The molecule has 0 radical (unpaired) electrons. The number of carbonyl (C=O) groups is 1. The van der Waals surface area contributed by atoms with E-state index in [-0.39, 0.29) is 11.7 Å². The van der Waals surface area contributed by atoms with E-state index in [1.54, 1.807) is 13.0 Å². The summed E-state index contributed by atoms with van der Waals surface area (Å²) in [5, 5.41) is 14.5. The predicted octanol–water partition coefficient (Wildman–Crippen LogP) is 2.86. The van der Waals surface area contributed by atoms with Gasteiger partial charge >= 0.3 is 0 Å². The molecule has 19 heavy (non-hydrogen) atoms. The van der Waals surface area contributed by atoms with Crippen LogP contribution in [0.3, 0.4) is 0 Å². The van der Waals surface area contributed by atoms with Gasteiger partial charge in [0.1, 0.15) is 5.41 Å². The number of hydrogen-bond donors (Lipinski definition) is 3. The number of aryl methyl sites for hydroxylation is 1. The Morgan fingerprint density at radius 3 is 2.68 bits per heavy atom. The largest absolute Gasteiger partial charge is 0.409 e. The zero-order valence-corrected chi connectivity index (χ0v) is 12.8. The lowest BCUT2D eigenvalue weighted by molar-refractivity contribution is -0.121. The lowest BCUT2D eigenvalue weighted by Crippen LogP contribution is -2.44. The van der Waals surface area contributed by atoms with E-state index in [9.17, 15) is 4.79 Å². The summed E-state index contributed by atoms with van der Waals surface area (Å²) in [6, 6.07) is 5.61. The Morgan fingerprint density at radius 1 is 1.58 bits per heavy atom. The van der Waals surface area contributed by atoms with E-state index < -0.39 is 5.41 Å². The van der Waals surface area contributed by atoms with Crippen molar-refractivity contribution in [2.45, 2.75) is 27.2 Å². The summed E-state index contributed by atoms with van der Waals surface area (Å²) in [7, 11) is 0. The number of anilines is 1. The van der Waals surface area contributed by atoms with Crippen LogP contribution in [0.15, 0.2) is 27.8 Å². The van der Waals surface area contributed by atoms with Crippen LogP contribution in [-0.2, 0) is 4.79 Å². The molecule has 6 heteroatoms. The molecule has 0 aliphatic carbocycles. The van der Waals surface area contributed by atoms with E-state index in [0.29, 0.717) is 12.1 Å². The molecule has 1 rings (SSSR count). The molecule has 1 amide bonds. The maximum absolute atomic E-state index is 12.3. The van der Waals surface area contributed by atoms with Crippen LogP contribution in [0.1, 0.15) is 25.8 Å². The van der Waals surface area contributed by atoms with Gasteiger partial charge in [-0.25, -0.2) is 0 Å². The lowest BCUT2D eigenvalue weighted by atomic mass is 9.85.